The highest BCUT2D eigenvalue weighted by Gasteiger charge is 2.10. The van der Waals surface area contributed by atoms with Gasteiger partial charge in [-0.3, -0.25) is 9.48 Å². The third kappa shape index (κ3) is 3.17. The predicted octanol–water partition coefficient (Wildman–Crippen LogP) is 1.59. The van der Waals surface area contributed by atoms with Gasteiger partial charge < -0.3 is 11.1 Å². The van der Waals surface area contributed by atoms with Crippen molar-refractivity contribution in [3.8, 4) is 0 Å². The molecule has 2 rings (SSSR count). The molecule has 1 heterocycles. The maximum absolute atomic E-state index is 12.1. The lowest BCUT2D eigenvalue weighted by atomic mass is 10.0. The summed E-state index contributed by atoms with van der Waals surface area (Å²) in [6.45, 7) is 4.41. The number of nitrogens with two attached hydrogens (primary N) is 1. The number of nitrogen functional groups attached to an aromatic ring is 1. The molecule has 20 heavy (non-hydrogen) atoms. The molecule has 0 atom stereocenters. The number of aryl methyl sites for hydroxylation is 3. The zero-order chi connectivity index (χ0) is 14.7. The van der Waals surface area contributed by atoms with Gasteiger partial charge in [-0.1, -0.05) is 6.07 Å². The van der Waals surface area contributed by atoms with Gasteiger partial charge in [0.15, 0.2) is 0 Å². The normalized spacial score (nSPS) is 10.6. The van der Waals surface area contributed by atoms with E-state index in [1.165, 1.54) is 0 Å². The highest BCUT2D eigenvalue weighted by atomic mass is 16.1. The molecule has 1 amide bonds. The van der Waals surface area contributed by atoms with Crippen molar-refractivity contribution < 1.29 is 4.79 Å². The molecule has 106 valence electrons. The highest BCUT2D eigenvalue weighted by molar-refractivity contribution is 5.96. The van der Waals surface area contributed by atoms with Crippen molar-refractivity contribution in [2.75, 3.05) is 12.3 Å². The minimum absolute atomic E-state index is 0.0925. The number of carbonyl (C=O) groups is 1. The Labute approximate surface area is 118 Å². The van der Waals surface area contributed by atoms with Gasteiger partial charge in [-0.2, -0.15) is 5.10 Å². The summed E-state index contributed by atoms with van der Waals surface area (Å²) < 4.78 is 1.75. The zero-order valence-corrected chi connectivity index (χ0v) is 12.1. The second kappa shape index (κ2) is 5.77. The topological polar surface area (TPSA) is 72.9 Å². The van der Waals surface area contributed by atoms with Crippen molar-refractivity contribution >= 4 is 11.6 Å². The first-order chi connectivity index (χ1) is 9.47. The number of nitrogens with one attached hydrogen (secondary N) is 1. The molecule has 0 fully saturated rings. The van der Waals surface area contributed by atoms with Crippen LogP contribution < -0.4 is 11.1 Å². The summed E-state index contributed by atoms with van der Waals surface area (Å²) in [4.78, 5) is 12.1. The number of rotatable bonds is 4. The molecule has 0 aliphatic heterocycles. The Bertz CT molecular complexity index is 631. The minimum Gasteiger partial charge on any atom is -0.398 e. The fourth-order valence-electron chi connectivity index (χ4n) is 2.11. The average molecular weight is 272 g/mol. The zero-order valence-electron chi connectivity index (χ0n) is 12.1. The Morgan fingerprint density at radius 1 is 1.35 bits per heavy atom. The van der Waals surface area contributed by atoms with Gasteiger partial charge in [-0.15, -0.1) is 0 Å². The lowest BCUT2D eigenvalue weighted by Crippen LogP contribution is -2.26. The molecule has 5 heteroatoms. The van der Waals surface area contributed by atoms with Crippen LogP contribution in [0.1, 0.15) is 27.2 Å². The van der Waals surface area contributed by atoms with Gasteiger partial charge >= 0.3 is 0 Å². The van der Waals surface area contributed by atoms with E-state index in [2.05, 4.69) is 10.4 Å². The van der Waals surface area contributed by atoms with Crippen LogP contribution in [-0.2, 0) is 13.5 Å². The number of hydrogen-bond donors (Lipinski definition) is 2. The number of benzene rings is 1. The lowest BCUT2D eigenvalue weighted by molar-refractivity contribution is 0.0953. The molecule has 0 saturated heterocycles. The van der Waals surface area contributed by atoms with Crippen LogP contribution in [-0.4, -0.2) is 22.2 Å². The molecule has 0 saturated carbocycles. The average Bonchev–Trinajstić information content (AvgIpc) is 2.79. The number of aromatic nitrogens is 2. The molecule has 0 radical (unpaired) electrons. The third-order valence-electron chi connectivity index (χ3n) is 3.29. The standard InChI is InChI=1S/C15H20N4O/c1-10-8-11(2)14(16)9-13(10)15(20)17-6-4-12-5-7-19(3)18-12/h5,7-9H,4,6,16H2,1-3H3,(H,17,20). The van der Waals surface area contributed by atoms with Gasteiger partial charge in [0, 0.05) is 37.5 Å². The minimum atomic E-state index is -0.0925. The van der Waals surface area contributed by atoms with Crippen molar-refractivity contribution in [1.29, 1.82) is 0 Å². The molecular weight excluding hydrogens is 252 g/mol. The number of carbonyl (C=O) groups excluding carboxylic acids is 1. The van der Waals surface area contributed by atoms with E-state index in [0.29, 0.717) is 24.2 Å². The summed E-state index contributed by atoms with van der Waals surface area (Å²) in [5, 5.41) is 7.17. The Hall–Kier alpha value is -2.30. The highest BCUT2D eigenvalue weighted by Crippen LogP contribution is 2.17. The van der Waals surface area contributed by atoms with Crippen molar-refractivity contribution in [3.05, 3.63) is 46.8 Å². The molecule has 0 aliphatic carbocycles. The van der Waals surface area contributed by atoms with Gasteiger partial charge in [0.1, 0.15) is 0 Å². The predicted molar refractivity (Wildman–Crippen MR) is 79.6 cm³/mol. The number of anilines is 1. The van der Waals surface area contributed by atoms with Crippen molar-refractivity contribution in [1.82, 2.24) is 15.1 Å². The van der Waals surface area contributed by atoms with E-state index in [1.807, 2.05) is 39.2 Å². The van der Waals surface area contributed by atoms with E-state index < -0.39 is 0 Å². The van der Waals surface area contributed by atoms with Gasteiger partial charge in [0.25, 0.3) is 5.91 Å². The molecule has 0 unspecified atom stereocenters. The molecule has 0 aliphatic rings. The van der Waals surface area contributed by atoms with E-state index >= 15 is 0 Å². The smallest absolute Gasteiger partial charge is 0.251 e. The first-order valence-electron chi connectivity index (χ1n) is 6.61. The summed E-state index contributed by atoms with van der Waals surface area (Å²) in [7, 11) is 1.88. The number of nitrogens with zero attached hydrogens (tertiary/aromatic N) is 2. The summed E-state index contributed by atoms with van der Waals surface area (Å²) in [5.74, 6) is -0.0925. The van der Waals surface area contributed by atoms with Crippen LogP contribution in [0.15, 0.2) is 24.4 Å². The molecule has 0 spiro atoms. The second-order valence-electron chi connectivity index (χ2n) is 5.01. The van der Waals surface area contributed by atoms with Gasteiger partial charge in [0.05, 0.1) is 5.69 Å². The van der Waals surface area contributed by atoms with E-state index in [4.69, 9.17) is 5.73 Å². The molecule has 1 aromatic carbocycles. The van der Waals surface area contributed by atoms with Gasteiger partial charge in [-0.25, -0.2) is 0 Å². The molecule has 1 aromatic heterocycles. The largest absolute Gasteiger partial charge is 0.398 e. The Kier molecular flexibility index (Phi) is 4.08. The van der Waals surface area contributed by atoms with Crippen molar-refractivity contribution in [3.63, 3.8) is 0 Å². The summed E-state index contributed by atoms with van der Waals surface area (Å²) in [5.41, 5.74) is 10.0. The molecular formula is C15H20N4O. The lowest BCUT2D eigenvalue weighted by Gasteiger charge is -2.10. The fourth-order valence-corrected chi connectivity index (χ4v) is 2.11. The summed E-state index contributed by atoms with van der Waals surface area (Å²) in [6.07, 6.45) is 2.61. The number of hydrogen-bond acceptors (Lipinski definition) is 3. The molecule has 2 aromatic rings. The van der Waals surface area contributed by atoms with Crippen LogP contribution >= 0.6 is 0 Å². The SMILES string of the molecule is Cc1cc(C)c(C(=O)NCCc2ccn(C)n2)cc1N. The quantitative estimate of drug-likeness (QED) is 0.830. The summed E-state index contributed by atoms with van der Waals surface area (Å²) >= 11 is 0. The van der Waals surface area contributed by atoms with E-state index in [-0.39, 0.29) is 5.91 Å². The van der Waals surface area contributed by atoms with Crippen molar-refractivity contribution in [2.24, 2.45) is 7.05 Å². The summed E-state index contributed by atoms with van der Waals surface area (Å²) in [6, 6.07) is 5.62. The van der Waals surface area contributed by atoms with Crippen LogP contribution in [0, 0.1) is 13.8 Å². The monoisotopic (exact) mass is 272 g/mol. The molecule has 5 nitrogen and oxygen atoms in total. The maximum Gasteiger partial charge on any atom is 0.251 e. The second-order valence-corrected chi connectivity index (χ2v) is 5.01. The molecule has 0 bridgehead atoms. The van der Waals surface area contributed by atoms with Gasteiger partial charge in [-0.05, 0) is 37.1 Å². The molecule has 3 N–H and O–H groups in total. The first-order valence-corrected chi connectivity index (χ1v) is 6.61. The van der Waals surface area contributed by atoms with E-state index in [1.54, 1.807) is 10.7 Å². The van der Waals surface area contributed by atoms with Crippen LogP contribution in [0.4, 0.5) is 5.69 Å². The van der Waals surface area contributed by atoms with E-state index in [0.717, 1.165) is 16.8 Å². The van der Waals surface area contributed by atoms with Crippen LogP contribution in [0.25, 0.3) is 0 Å². The third-order valence-corrected chi connectivity index (χ3v) is 3.29. The van der Waals surface area contributed by atoms with E-state index in [9.17, 15) is 4.79 Å². The Morgan fingerprint density at radius 2 is 2.10 bits per heavy atom. The Balaban J connectivity index is 1.97. The van der Waals surface area contributed by atoms with Crippen LogP contribution in [0.2, 0.25) is 0 Å². The van der Waals surface area contributed by atoms with Gasteiger partial charge in [0.2, 0.25) is 0 Å². The van der Waals surface area contributed by atoms with Crippen molar-refractivity contribution in [2.45, 2.75) is 20.3 Å². The fraction of sp³-hybridized carbons (Fsp3) is 0.333. The first kappa shape index (κ1) is 14.1. The van der Waals surface area contributed by atoms with Crippen LogP contribution in [0.3, 0.4) is 0 Å². The number of amides is 1. The maximum atomic E-state index is 12.1. The van der Waals surface area contributed by atoms with Crippen LogP contribution in [0.5, 0.6) is 0 Å². The Morgan fingerprint density at radius 3 is 2.75 bits per heavy atom.